The molecule has 0 amide bonds. The van der Waals surface area contributed by atoms with E-state index in [1.807, 2.05) is 0 Å². The van der Waals surface area contributed by atoms with Crippen molar-refractivity contribution in [3.05, 3.63) is 58.6 Å². The molecular weight excluding hydrogens is 354 g/mol. The van der Waals surface area contributed by atoms with Crippen molar-refractivity contribution in [3.8, 4) is 17.2 Å². The summed E-state index contributed by atoms with van der Waals surface area (Å²) in [5.74, 6) is -0.305. The molecule has 0 saturated carbocycles. The number of rotatable bonds is 7. The van der Waals surface area contributed by atoms with E-state index >= 15 is 0 Å². The molecule has 25 heavy (non-hydrogen) atoms. The molecule has 0 saturated heterocycles. The summed E-state index contributed by atoms with van der Waals surface area (Å²) < 4.78 is 39.6. The van der Waals surface area contributed by atoms with Crippen LogP contribution in [0.25, 0.3) is 6.08 Å². The number of hydrogen-bond acceptors (Lipinski definition) is 4. The first-order chi connectivity index (χ1) is 11.9. The van der Waals surface area contributed by atoms with Gasteiger partial charge in [0.1, 0.15) is 0 Å². The minimum absolute atomic E-state index is 0.0678. The average molecular weight is 369 g/mol. The third kappa shape index (κ3) is 4.93. The van der Waals surface area contributed by atoms with E-state index in [-0.39, 0.29) is 23.0 Å². The van der Waals surface area contributed by atoms with Crippen LogP contribution in [0.4, 0.5) is 8.78 Å². The highest BCUT2D eigenvalue weighted by Crippen LogP contribution is 2.39. The molecule has 0 aliphatic carbocycles. The normalized spacial score (nSPS) is 11.0. The van der Waals surface area contributed by atoms with E-state index in [1.165, 1.54) is 38.5 Å². The van der Waals surface area contributed by atoms with Crippen LogP contribution in [0.3, 0.4) is 0 Å². The van der Waals surface area contributed by atoms with Gasteiger partial charge in [0.2, 0.25) is 5.75 Å². The summed E-state index contributed by atoms with van der Waals surface area (Å²) in [5, 5.41) is 0.532. The van der Waals surface area contributed by atoms with Gasteiger partial charge < -0.3 is 14.2 Å². The third-order valence-electron chi connectivity index (χ3n) is 3.25. The van der Waals surface area contributed by atoms with Crippen molar-refractivity contribution in [2.75, 3.05) is 14.2 Å². The number of allylic oxidation sites excluding steroid dienone is 1. The first-order valence-corrected chi connectivity index (χ1v) is 7.51. The maximum absolute atomic E-state index is 12.5. The van der Waals surface area contributed by atoms with Gasteiger partial charge in [-0.3, -0.25) is 4.79 Å². The SMILES string of the molecule is COc1cc(/C=C/C(=O)c2ccc(Cl)cc2)cc(OC)c1OC(F)F. The summed E-state index contributed by atoms with van der Waals surface area (Å²) in [6, 6.07) is 9.37. The molecule has 0 bridgehead atoms. The first kappa shape index (κ1) is 18.7. The van der Waals surface area contributed by atoms with E-state index < -0.39 is 6.61 Å². The second kappa shape index (κ2) is 8.48. The topological polar surface area (TPSA) is 44.8 Å². The zero-order valence-electron chi connectivity index (χ0n) is 13.5. The maximum Gasteiger partial charge on any atom is 0.387 e. The van der Waals surface area contributed by atoms with E-state index in [2.05, 4.69) is 4.74 Å². The van der Waals surface area contributed by atoms with Gasteiger partial charge in [0.05, 0.1) is 14.2 Å². The van der Waals surface area contributed by atoms with Crippen LogP contribution in [0, 0.1) is 0 Å². The molecule has 0 aromatic heterocycles. The molecular formula is C18H15ClF2O4. The van der Waals surface area contributed by atoms with E-state index in [0.29, 0.717) is 16.1 Å². The van der Waals surface area contributed by atoms with Crippen molar-refractivity contribution < 1.29 is 27.8 Å². The van der Waals surface area contributed by atoms with Gasteiger partial charge in [0, 0.05) is 10.6 Å². The molecule has 2 aromatic rings. The van der Waals surface area contributed by atoms with Gasteiger partial charge >= 0.3 is 6.61 Å². The average Bonchev–Trinajstić information content (AvgIpc) is 2.60. The second-order valence-corrected chi connectivity index (χ2v) is 5.27. The number of halogens is 3. The Kier molecular flexibility index (Phi) is 6.36. The Morgan fingerprint density at radius 3 is 2.12 bits per heavy atom. The van der Waals surface area contributed by atoms with Crippen LogP contribution in [-0.4, -0.2) is 26.6 Å². The molecule has 132 valence electrons. The highest BCUT2D eigenvalue weighted by Gasteiger charge is 2.17. The van der Waals surface area contributed by atoms with Gasteiger partial charge in [0.15, 0.2) is 17.3 Å². The Morgan fingerprint density at radius 1 is 1.08 bits per heavy atom. The van der Waals surface area contributed by atoms with Crippen molar-refractivity contribution in [2.24, 2.45) is 0 Å². The number of hydrogen-bond donors (Lipinski definition) is 0. The molecule has 0 aliphatic heterocycles. The quantitative estimate of drug-likeness (QED) is 0.517. The van der Waals surface area contributed by atoms with E-state index in [0.717, 1.165) is 0 Å². The Morgan fingerprint density at radius 2 is 1.64 bits per heavy atom. The summed E-state index contributed by atoms with van der Waals surface area (Å²) in [4.78, 5) is 12.1. The highest BCUT2D eigenvalue weighted by atomic mass is 35.5. The van der Waals surface area contributed by atoms with Crippen LogP contribution < -0.4 is 14.2 Å². The zero-order chi connectivity index (χ0) is 18.4. The summed E-state index contributed by atoms with van der Waals surface area (Å²) in [7, 11) is 2.64. The van der Waals surface area contributed by atoms with Crippen LogP contribution in [0.2, 0.25) is 5.02 Å². The summed E-state index contributed by atoms with van der Waals surface area (Å²) in [6.45, 7) is -3.02. The molecule has 0 radical (unpaired) electrons. The highest BCUT2D eigenvalue weighted by molar-refractivity contribution is 6.30. The number of ether oxygens (including phenoxy) is 3. The fourth-order valence-electron chi connectivity index (χ4n) is 2.08. The number of ketones is 1. The molecule has 2 aromatic carbocycles. The van der Waals surface area contributed by atoms with Crippen molar-refractivity contribution in [1.82, 2.24) is 0 Å². The van der Waals surface area contributed by atoms with Gasteiger partial charge in [-0.1, -0.05) is 17.7 Å². The zero-order valence-corrected chi connectivity index (χ0v) is 14.2. The van der Waals surface area contributed by atoms with Crippen molar-refractivity contribution in [2.45, 2.75) is 6.61 Å². The van der Waals surface area contributed by atoms with Crippen LogP contribution in [0.15, 0.2) is 42.5 Å². The number of carbonyl (C=O) groups excluding carboxylic acids is 1. The maximum atomic E-state index is 12.5. The van der Waals surface area contributed by atoms with Gasteiger partial charge in [-0.15, -0.1) is 0 Å². The fourth-order valence-corrected chi connectivity index (χ4v) is 2.21. The number of carbonyl (C=O) groups is 1. The molecule has 0 fully saturated rings. The fraction of sp³-hybridized carbons (Fsp3) is 0.167. The smallest absolute Gasteiger partial charge is 0.387 e. The second-order valence-electron chi connectivity index (χ2n) is 4.84. The lowest BCUT2D eigenvalue weighted by molar-refractivity contribution is -0.0526. The van der Waals surface area contributed by atoms with Crippen LogP contribution in [0.5, 0.6) is 17.2 Å². The Balaban J connectivity index is 2.29. The van der Waals surface area contributed by atoms with Crippen molar-refractivity contribution >= 4 is 23.5 Å². The minimum atomic E-state index is -3.02. The van der Waals surface area contributed by atoms with Crippen LogP contribution in [0.1, 0.15) is 15.9 Å². The number of alkyl halides is 2. The van der Waals surface area contributed by atoms with Gasteiger partial charge in [-0.25, -0.2) is 0 Å². The first-order valence-electron chi connectivity index (χ1n) is 7.13. The van der Waals surface area contributed by atoms with Crippen LogP contribution in [-0.2, 0) is 0 Å². The predicted octanol–water partition coefficient (Wildman–Crippen LogP) is 4.85. The van der Waals surface area contributed by atoms with E-state index in [4.69, 9.17) is 21.1 Å². The predicted molar refractivity (Wildman–Crippen MR) is 91.0 cm³/mol. The molecule has 7 heteroatoms. The Hall–Kier alpha value is -2.60. The standard InChI is InChI=1S/C18H15ClF2O4/c1-23-15-9-11(10-16(24-2)17(15)25-18(20)21)3-8-14(22)12-4-6-13(19)7-5-12/h3-10,18H,1-2H3/b8-3+. The molecule has 0 unspecified atom stereocenters. The molecule has 0 N–H and O–H groups in total. The molecule has 0 aliphatic rings. The third-order valence-corrected chi connectivity index (χ3v) is 3.50. The van der Waals surface area contributed by atoms with Gasteiger partial charge in [-0.05, 0) is 48.0 Å². The molecule has 2 rings (SSSR count). The lowest BCUT2D eigenvalue weighted by atomic mass is 10.1. The Labute approximate surface area is 148 Å². The molecule has 0 spiro atoms. The van der Waals surface area contributed by atoms with Gasteiger partial charge in [0.25, 0.3) is 0 Å². The van der Waals surface area contributed by atoms with Crippen molar-refractivity contribution in [3.63, 3.8) is 0 Å². The number of benzene rings is 2. The number of methoxy groups -OCH3 is 2. The Bertz CT molecular complexity index is 748. The minimum Gasteiger partial charge on any atom is -0.493 e. The van der Waals surface area contributed by atoms with E-state index in [9.17, 15) is 13.6 Å². The summed E-state index contributed by atoms with van der Waals surface area (Å²) >= 11 is 5.78. The lowest BCUT2D eigenvalue weighted by Crippen LogP contribution is -2.05. The van der Waals surface area contributed by atoms with Crippen LogP contribution >= 0.6 is 11.6 Å². The monoisotopic (exact) mass is 368 g/mol. The summed E-state index contributed by atoms with van der Waals surface area (Å²) in [6.07, 6.45) is 2.87. The largest absolute Gasteiger partial charge is 0.493 e. The summed E-state index contributed by atoms with van der Waals surface area (Å²) in [5.41, 5.74) is 0.995. The molecule has 0 heterocycles. The van der Waals surface area contributed by atoms with E-state index in [1.54, 1.807) is 24.3 Å². The van der Waals surface area contributed by atoms with Gasteiger partial charge in [-0.2, -0.15) is 8.78 Å². The molecule has 4 nitrogen and oxygen atoms in total. The lowest BCUT2D eigenvalue weighted by Gasteiger charge is -2.14. The molecule has 0 atom stereocenters. The van der Waals surface area contributed by atoms with Crippen molar-refractivity contribution in [1.29, 1.82) is 0 Å².